The average molecular weight is 325 g/mol. The Balaban J connectivity index is 1.92. The van der Waals surface area contributed by atoms with E-state index in [4.69, 9.17) is 20.8 Å². The van der Waals surface area contributed by atoms with E-state index in [1.165, 1.54) is 0 Å². The highest BCUT2D eigenvalue weighted by Gasteiger charge is 2.12. The van der Waals surface area contributed by atoms with E-state index >= 15 is 0 Å². The number of methoxy groups -OCH3 is 1. The monoisotopic (exact) mass is 324 g/mol. The van der Waals surface area contributed by atoms with E-state index in [-0.39, 0.29) is 0 Å². The number of aromatic nitrogens is 2. The summed E-state index contributed by atoms with van der Waals surface area (Å²) in [4.78, 5) is 7.69. The molecule has 114 valence electrons. The maximum absolute atomic E-state index is 6.14. The second-order valence-electron chi connectivity index (χ2n) is 5.18. The number of furan rings is 1. The van der Waals surface area contributed by atoms with Crippen LogP contribution in [0.1, 0.15) is 0 Å². The molecule has 0 radical (unpaired) electrons. The van der Waals surface area contributed by atoms with E-state index in [0.717, 1.165) is 39.0 Å². The van der Waals surface area contributed by atoms with Gasteiger partial charge in [-0.05, 0) is 30.3 Å². The van der Waals surface area contributed by atoms with Crippen molar-refractivity contribution in [2.75, 3.05) is 7.11 Å². The number of aromatic amines is 1. The molecule has 0 amide bonds. The molecule has 0 saturated carbocycles. The van der Waals surface area contributed by atoms with E-state index in [9.17, 15) is 0 Å². The highest BCUT2D eigenvalue weighted by Crippen LogP contribution is 2.35. The highest BCUT2D eigenvalue weighted by atomic mass is 35.5. The molecule has 0 bridgehead atoms. The zero-order chi connectivity index (χ0) is 15.8. The smallest absolute Gasteiger partial charge is 0.137 e. The summed E-state index contributed by atoms with van der Waals surface area (Å²) in [6, 6.07) is 9.55. The average Bonchev–Trinajstić information content (AvgIpc) is 3.23. The van der Waals surface area contributed by atoms with Crippen LogP contribution in [0, 0.1) is 0 Å². The van der Waals surface area contributed by atoms with Crippen molar-refractivity contribution in [1.29, 1.82) is 0 Å². The molecule has 0 unspecified atom stereocenters. The van der Waals surface area contributed by atoms with Crippen LogP contribution in [0.3, 0.4) is 0 Å². The number of hydrogen-bond acceptors (Lipinski definition) is 3. The number of fused-ring (bicyclic) bond motifs is 1. The van der Waals surface area contributed by atoms with E-state index in [1.54, 1.807) is 19.6 Å². The third-order valence-corrected chi connectivity index (χ3v) is 4.07. The van der Waals surface area contributed by atoms with Crippen molar-refractivity contribution < 1.29 is 9.15 Å². The molecule has 0 aliphatic heterocycles. The molecule has 4 aromatic rings. The first-order valence-corrected chi connectivity index (χ1v) is 7.47. The largest absolute Gasteiger partial charge is 0.496 e. The molecule has 3 heterocycles. The van der Waals surface area contributed by atoms with Crippen LogP contribution in [0.4, 0.5) is 0 Å². The molecule has 1 N–H and O–H groups in total. The second kappa shape index (κ2) is 5.48. The Morgan fingerprint density at radius 3 is 2.83 bits per heavy atom. The molecule has 5 heteroatoms. The SMILES string of the molecule is COc1ccc(Cl)cc1-c1cnc2[nH]cc(-c3ccoc3)c2c1. The summed E-state index contributed by atoms with van der Waals surface area (Å²) in [7, 11) is 1.64. The third-order valence-electron chi connectivity index (χ3n) is 3.84. The van der Waals surface area contributed by atoms with Crippen molar-refractivity contribution in [1.82, 2.24) is 9.97 Å². The van der Waals surface area contributed by atoms with Crippen molar-refractivity contribution in [3.05, 3.63) is 60.3 Å². The summed E-state index contributed by atoms with van der Waals surface area (Å²) in [6.45, 7) is 0. The maximum Gasteiger partial charge on any atom is 0.137 e. The van der Waals surface area contributed by atoms with Gasteiger partial charge in [0.25, 0.3) is 0 Å². The van der Waals surface area contributed by atoms with E-state index in [0.29, 0.717) is 5.02 Å². The third kappa shape index (κ3) is 2.37. The van der Waals surface area contributed by atoms with Crippen molar-refractivity contribution in [2.24, 2.45) is 0 Å². The van der Waals surface area contributed by atoms with Crippen molar-refractivity contribution in [3.63, 3.8) is 0 Å². The zero-order valence-corrected chi connectivity index (χ0v) is 13.1. The minimum absolute atomic E-state index is 0.657. The Morgan fingerprint density at radius 1 is 1.13 bits per heavy atom. The quantitative estimate of drug-likeness (QED) is 0.567. The van der Waals surface area contributed by atoms with Gasteiger partial charge in [0, 0.05) is 45.1 Å². The number of hydrogen-bond donors (Lipinski definition) is 1. The molecule has 4 rings (SSSR count). The lowest BCUT2D eigenvalue weighted by Gasteiger charge is -2.09. The van der Waals surface area contributed by atoms with Gasteiger partial charge in [0.1, 0.15) is 11.4 Å². The molecule has 23 heavy (non-hydrogen) atoms. The first-order chi connectivity index (χ1) is 11.3. The van der Waals surface area contributed by atoms with Crippen LogP contribution in [0.15, 0.2) is 59.7 Å². The Bertz CT molecular complexity index is 974. The lowest BCUT2D eigenvalue weighted by atomic mass is 10.0. The van der Waals surface area contributed by atoms with Crippen molar-refractivity contribution >= 4 is 22.6 Å². The fraction of sp³-hybridized carbons (Fsp3) is 0.0556. The maximum atomic E-state index is 6.14. The molecule has 0 saturated heterocycles. The number of benzene rings is 1. The van der Waals surface area contributed by atoms with Gasteiger partial charge in [-0.2, -0.15) is 0 Å². The number of halogens is 1. The minimum atomic E-state index is 0.657. The molecule has 0 spiro atoms. The molecular weight excluding hydrogens is 312 g/mol. The summed E-state index contributed by atoms with van der Waals surface area (Å²) < 4.78 is 10.6. The molecular formula is C18H13ClN2O2. The standard InChI is InChI=1S/C18H13ClN2O2/c1-22-17-3-2-13(19)7-14(17)12-6-15-16(11-4-5-23-10-11)9-21-18(15)20-8-12/h2-10H,1H3,(H,20,21). The molecule has 3 aromatic heterocycles. The Morgan fingerprint density at radius 2 is 2.04 bits per heavy atom. The fourth-order valence-corrected chi connectivity index (χ4v) is 2.89. The van der Waals surface area contributed by atoms with Crippen molar-refractivity contribution in [3.8, 4) is 28.0 Å². The number of ether oxygens (including phenoxy) is 1. The summed E-state index contributed by atoms with van der Waals surface area (Å²) >= 11 is 6.14. The number of pyridine rings is 1. The fourth-order valence-electron chi connectivity index (χ4n) is 2.71. The van der Waals surface area contributed by atoms with Gasteiger partial charge in [0.15, 0.2) is 0 Å². The molecule has 1 aromatic carbocycles. The van der Waals surface area contributed by atoms with Crippen molar-refractivity contribution in [2.45, 2.75) is 0 Å². The Labute approximate surface area is 137 Å². The number of rotatable bonds is 3. The first-order valence-electron chi connectivity index (χ1n) is 7.10. The zero-order valence-electron chi connectivity index (χ0n) is 12.3. The van der Waals surface area contributed by atoms with Gasteiger partial charge >= 0.3 is 0 Å². The van der Waals surface area contributed by atoms with E-state index in [2.05, 4.69) is 16.0 Å². The number of H-pyrrole nitrogens is 1. The van der Waals surface area contributed by atoms with E-state index < -0.39 is 0 Å². The highest BCUT2D eigenvalue weighted by molar-refractivity contribution is 6.31. The molecule has 4 nitrogen and oxygen atoms in total. The molecule has 0 fully saturated rings. The first kappa shape index (κ1) is 13.9. The van der Waals surface area contributed by atoms with Gasteiger partial charge in [0.05, 0.1) is 19.6 Å². The van der Waals surface area contributed by atoms with Crippen LogP contribution in [0.2, 0.25) is 5.02 Å². The summed E-state index contributed by atoms with van der Waals surface area (Å²) in [5.41, 5.74) is 4.73. The van der Waals surface area contributed by atoms with Crippen LogP contribution in [-0.4, -0.2) is 17.1 Å². The minimum Gasteiger partial charge on any atom is -0.496 e. The van der Waals surface area contributed by atoms with Gasteiger partial charge in [0.2, 0.25) is 0 Å². The van der Waals surface area contributed by atoms with Gasteiger partial charge in [-0.1, -0.05) is 11.6 Å². The second-order valence-corrected chi connectivity index (χ2v) is 5.62. The van der Waals surface area contributed by atoms with Crippen LogP contribution in [0.25, 0.3) is 33.3 Å². The lowest BCUT2D eigenvalue weighted by Crippen LogP contribution is -1.89. The van der Waals surface area contributed by atoms with Gasteiger partial charge in [-0.3, -0.25) is 0 Å². The number of nitrogens with one attached hydrogen (secondary N) is 1. The predicted molar refractivity (Wildman–Crippen MR) is 90.8 cm³/mol. The topological polar surface area (TPSA) is 51.0 Å². The normalized spacial score (nSPS) is 11.0. The number of nitrogens with zero attached hydrogens (tertiary/aromatic N) is 1. The summed E-state index contributed by atoms with van der Waals surface area (Å²) in [6.07, 6.45) is 7.12. The van der Waals surface area contributed by atoms with E-state index in [1.807, 2.05) is 36.7 Å². The van der Waals surface area contributed by atoms with Gasteiger partial charge < -0.3 is 14.1 Å². The predicted octanol–water partition coefficient (Wildman–Crippen LogP) is 5.15. The summed E-state index contributed by atoms with van der Waals surface area (Å²) in [5.74, 6) is 0.760. The van der Waals surface area contributed by atoms with Gasteiger partial charge in [-0.15, -0.1) is 0 Å². The molecule has 0 atom stereocenters. The molecule has 0 aliphatic rings. The Hall–Kier alpha value is -2.72. The van der Waals surface area contributed by atoms with Crippen LogP contribution < -0.4 is 4.74 Å². The van der Waals surface area contributed by atoms with Crippen LogP contribution in [0.5, 0.6) is 5.75 Å². The van der Waals surface area contributed by atoms with Gasteiger partial charge in [-0.25, -0.2) is 4.98 Å². The lowest BCUT2D eigenvalue weighted by molar-refractivity contribution is 0.416. The van der Waals surface area contributed by atoms with Crippen LogP contribution >= 0.6 is 11.6 Å². The summed E-state index contributed by atoms with van der Waals surface area (Å²) in [5, 5.41) is 1.68. The Kier molecular flexibility index (Phi) is 3.32. The molecule has 0 aliphatic carbocycles. The van der Waals surface area contributed by atoms with Crippen LogP contribution in [-0.2, 0) is 0 Å².